The van der Waals surface area contributed by atoms with Crippen molar-refractivity contribution in [1.29, 1.82) is 0 Å². The molecule has 3 heteroatoms. The Hall–Kier alpha value is -2.13. The summed E-state index contributed by atoms with van der Waals surface area (Å²) >= 11 is 0. The van der Waals surface area contributed by atoms with Gasteiger partial charge in [-0.2, -0.15) is 0 Å². The molecular weight excluding hydrogens is 444 g/mol. The van der Waals surface area contributed by atoms with Gasteiger partial charge in [-0.1, -0.05) is 134 Å². The van der Waals surface area contributed by atoms with Gasteiger partial charge in [-0.3, -0.25) is 4.79 Å². The van der Waals surface area contributed by atoms with Crippen LogP contribution in [0.3, 0.4) is 0 Å². The molecule has 1 unspecified atom stereocenters. The fourth-order valence-corrected chi connectivity index (χ4v) is 4.98. The van der Waals surface area contributed by atoms with E-state index in [-0.39, 0.29) is 5.78 Å². The van der Waals surface area contributed by atoms with Crippen LogP contribution in [-0.2, 0) is 10.3 Å². The van der Waals surface area contributed by atoms with E-state index in [2.05, 4.69) is 6.92 Å². The molecular formula is C33H48O3. The van der Waals surface area contributed by atoms with Crippen LogP contribution in [-0.4, -0.2) is 19.0 Å². The molecule has 1 aliphatic rings. The fraction of sp³-hybridized carbons (Fsp3) is 0.606. The Balaban J connectivity index is 1.16. The molecule has 1 atom stereocenters. The molecule has 2 aromatic carbocycles. The molecule has 2 aromatic rings. The number of rotatable bonds is 21. The highest BCUT2D eigenvalue weighted by Gasteiger charge is 2.53. The highest BCUT2D eigenvalue weighted by Crippen LogP contribution is 2.41. The van der Waals surface area contributed by atoms with Crippen molar-refractivity contribution in [1.82, 2.24) is 0 Å². The molecule has 1 heterocycles. The van der Waals surface area contributed by atoms with E-state index in [0.717, 1.165) is 24.3 Å². The van der Waals surface area contributed by atoms with Gasteiger partial charge in [-0.15, -0.1) is 0 Å². The molecule has 198 valence electrons. The van der Waals surface area contributed by atoms with Gasteiger partial charge < -0.3 is 9.47 Å². The second-order valence-corrected chi connectivity index (χ2v) is 10.5. The molecule has 0 amide bonds. The first kappa shape index (κ1) is 28.4. The number of carbonyl (C=O) groups excluding carboxylic acids is 1. The topological polar surface area (TPSA) is 38.8 Å². The number of hydrogen-bond acceptors (Lipinski definition) is 3. The van der Waals surface area contributed by atoms with E-state index in [1.165, 1.54) is 96.3 Å². The summed E-state index contributed by atoms with van der Waals surface area (Å²) in [6.07, 6.45) is 22.0. The van der Waals surface area contributed by atoms with Crippen LogP contribution in [0.5, 0.6) is 5.75 Å². The van der Waals surface area contributed by atoms with E-state index in [4.69, 9.17) is 9.47 Å². The molecule has 0 aromatic heterocycles. The fourth-order valence-electron chi connectivity index (χ4n) is 4.98. The Morgan fingerprint density at radius 3 is 1.64 bits per heavy atom. The van der Waals surface area contributed by atoms with Gasteiger partial charge in [0.05, 0.1) is 13.2 Å². The van der Waals surface area contributed by atoms with Crippen LogP contribution >= 0.6 is 0 Å². The van der Waals surface area contributed by atoms with Crippen LogP contribution in [0.25, 0.3) is 0 Å². The molecule has 0 N–H and O–H groups in total. The van der Waals surface area contributed by atoms with Gasteiger partial charge in [-0.05, 0) is 36.2 Å². The first-order valence-corrected chi connectivity index (χ1v) is 14.7. The lowest BCUT2D eigenvalue weighted by atomic mass is 9.91. The molecule has 1 aliphatic heterocycles. The molecule has 0 aliphatic carbocycles. The Bertz CT molecular complexity index is 839. The number of ether oxygens (including phenoxy) is 2. The van der Waals surface area contributed by atoms with Crippen molar-refractivity contribution in [3.05, 3.63) is 65.7 Å². The number of epoxide rings is 1. The lowest BCUT2D eigenvalue weighted by molar-refractivity contribution is 0.0871. The second kappa shape index (κ2) is 16.6. The Morgan fingerprint density at radius 2 is 1.17 bits per heavy atom. The van der Waals surface area contributed by atoms with Crippen molar-refractivity contribution in [2.75, 3.05) is 13.2 Å². The molecule has 3 rings (SSSR count). The van der Waals surface area contributed by atoms with Crippen LogP contribution in [0.1, 0.15) is 126 Å². The molecule has 3 nitrogen and oxygen atoms in total. The molecule has 36 heavy (non-hydrogen) atoms. The molecule has 0 bridgehead atoms. The first-order valence-electron chi connectivity index (χ1n) is 14.7. The summed E-state index contributed by atoms with van der Waals surface area (Å²) in [7, 11) is 0. The highest BCUT2D eigenvalue weighted by molar-refractivity contribution is 6.04. The summed E-state index contributed by atoms with van der Waals surface area (Å²) in [6.45, 7) is 3.48. The van der Waals surface area contributed by atoms with Crippen molar-refractivity contribution in [3.63, 3.8) is 0 Å². The largest absolute Gasteiger partial charge is 0.494 e. The van der Waals surface area contributed by atoms with Crippen molar-refractivity contribution in [2.24, 2.45) is 0 Å². The van der Waals surface area contributed by atoms with Crippen LogP contribution in [0.15, 0.2) is 54.6 Å². The van der Waals surface area contributed by atoms with Crippen LogP contribution in [0, 0.1) is 0 Å². The van der Waals surface area contributed by atoms with Crippen LogP contribution in [0.4, 0.5) is 0 Å². The van der Waals surface area contributed by atoms with E-state index in [0.29, 0.717) is 12.2 Å². The third kappa shape index (κ3) is 9.73. The predicted molar refractivity (Wildman–Crippen MR) is 150 cm³/mol. The maximum Gasteiger partial charge on any atom is 0.201 e. The minimum absolute atomic E-state index is 0.0260. The van der Waals surface area contributed by atoms with Gasteiger partial charge in [0.25, 0.3) is 0 Å². The van der Waals surface area contributed by atoms with Crippen molar-refractivity contribution < 1.29 is 14.3 Å². The Labute approximate surface area is 220 Å². The summed E-state index contributed by atoms with van der Waals surface area (Å²) < 4.78 is 11.5. The van der Waals surface area contributed by atoms with E-state index >= 15 is 0 Å². The third-order valence-corrected chi connectivity index (χ3v) is 7.42. The number of benzene rings is 2. The van der Waals surface area contributed by atoms with Gasteiger partial charge in [0.1, 0.15) is 5.75 Å². The minimum Gasteiger partial charge on any atom is -0.494 e. The first-order chi connectivity index (χ1) is 17.8. The predicted octanol–water partition coefficient (Wildman–Crippen LogP) is 9.44. The average molecular weight is 493 g/mol. The number of carbonyl (C=O) groups is 1. The SMILES string of the molecule is CCCCCCCCCCCCCCCCCCOc1ccc(C(=O)C2(c3ccccc3)CO2)cc1. The third-order valence-electron chi connectivity index (χ3n) is 7.42. The van der Waals surface area contributed by atoms with Gasteiger partial charge in [0.2, 0.25) is 5.78 Å². The summed E-state index contributed by atoms with van der Waals surface area (Å²) in [5, 5.41) is 0. The second-order valence-electron chi connectivity index (χ2n) is 10.5. The van der Waals surface area contributed by atoms with Crippen LogP contribution in [0.2, 0.25) is 0 Å². The highest BCUT2D eigenvalue weighted by atomic mass is 16.6. The van der Waals surface area contributed by atoms with Gasteiger partial charge in [0.15, 0.2) is 5.60 Å². The zero-order valence-corrected chi connectivity index (χ0v) is 22.6. The average Bonchev–Trinajstić information content (AvgIpc) is 3.73. The maximum absolute atomic E-state index is 13.0. The van der Waals surface area contributed by atoms with Crippen LogP contribution < -0.4 is 4.74 Å². The van der Waals surface area contributed by atoms with Crippen molar-refractivity contribution >= 4 is 5.78 Å². The number of Topliss-reactive ketones (excluding diaryl/α,β-unsaturated/α-hetero) is 1. The Morgan fingerprint density at radius 1 is 0.694 bits per heavy atom. The quantitative estimate of drug-likeness (QED) is 0.0989. The molecule has 0 spiro atoms. The monoisotopic (exact) mass is 492 g/mol. The van der Waals surface area contributed by atoms with E-state index in [1.807, 2.05) is 54.6 Å². The summed E-state index contributed by atoms with van der Waals surface area (Å²) in [4.78, 5) is 13.0. The van der Waals surface area contributed by atoms with Crippen molar-refractivity contribution in [3.8, 4) is 5.75 Å². The minimum atomic E-state index is -0.794. The number of unbranched alkanes of at least 4 members (excludes halogenated alkanes) is 15. The van der Waals surface area contributed by atoms with Crippen molar-refractivity contribution in [2.45, 2.75) is 115 Å². The maximum atomic E-state index is 13.0. The zero-order chi connectivity index (χ0) is 25.3. The van der Waals surface area contributed by atoms with E-state index in [1.54, 1.807) is 0 Å². The normalized spacial score (nSPS) is 16.7. The summed E-state index contributed by atoms with van der Waals surface area (Å²) in [5.41, 5.74) is 0.807. The van der Waals surface area contributed by atoms with E-state index in [9.17, 15) is 4.79 Å². The molecule has 0 saturated carbocycles. The Kier molecular flexibility index (Phi) is 13.1. The number of hydrogen-bond donors (Lipinski definition) is 0. The molecule has 0 radical (unpaired) electrons. The lowest BCUT2D eigenvalue weighted by Gasteiger charge is -2.12. The zero-order valence-electron chi connectivity index (χ0n) is 22.6. The summed E-state index contributed by atoms with van der Waals surface area (Å²) in [6, 6.07) is 17.3. The molecule has 1 fully saturated rings. The van der Waals surface area contributed by atoms with Gasteiger partial charge in [-0.25, -0.2) is 0 Å². The van der Waals surface area contributed by atoms with E-state index < -0.39 is 5.60 Å². The molecule has 1 saturated heterocycles. The van der Waals surface area contributed by atoms with Gasteiger partial charge >= 0.3 is 0 Å². The smallest absolute Gasteiger partial charge is 0.201 e. The standard InChI is InChI=1S/C33H48O3/c1-2-3-4-5-6-7-8-9-10-11-12-13-14-15-16-20-27-35-31-25-23-29(24-26-31)32(34)33(28-36-33)30-21-18-17-19-22-30/h17-19,21-26H,2-16,20,27-28H2,1H3. The number of ketones is 1. The lowest BCUT2D eigenvalue weighted by Crippen LogP contribution is -2.22. The summed E-state index contributed by atoms with van der Waals surface area (Å²) in [5.74, 6) is 0.857. The van der Waals surface area contributed by atoms with Gasteiger partial charge in [0, 0.05) is 5.56 Å².